The molecule has 22 heavy (non-hydrogen) atoms. The summed E-state index contributed by atoms with van der Waals surface area (Å²) in [6, 6.07) is 5.55. The SMILES string of the molecule is CC(C)S(=O)(=O)c1ccc(C(=O)NC2(C(=O)O)CCC2)cc1. The predicted molar refractivity (Wildman–Crippen MR) is 80.4 cm³/mol. The predicted octanol–water partition coefficient (Wildman–Crippen LogP) is 1.61. The first-order valence-corrected chi connectivity index (χ1v) is 8.63. The molecule has 2 N–H and O–H groups in total. The van der Waals surface area contributed by atoms with Gasteiger partial charge in [0.25, 0.3) is 5.91 Å². The summed E-state index contributed by atoms with van der Waals surface area (Å²) in [4.78, 5) is 23.5. The van der Waals surface area contributed by atoms with Crippen LogP contribution in [0.25, 0.3) is 0 Å². The zero-order valence-electron chi connectivity index (χ0n) is 12.5. The molecule has 0 aromatic heterocycles. The van der Waals surface area contributed by atoms with Crippen LogP contribution < -0.4 is 5.32 Å². The lowest BCUT2D eigenvalue weighted by Crippen LogP contribution is -2.59. The van der Waals surface area contributed by atoms with E-state index in [1.807, 2.05) is 0 Å². The van der Waals surface area contributed by atoms with Gasteiger partial charge in [-0.15, -0.1) is 0 Å². The molecule has 0 spiro atoms. The van der Waals surface area contributed by atoms with Crippen molar-refractivity contribution in [3.63, 3.8) is 0 Å². The second-order valence-corrected chi connectivity index (χ2v) is 8.32. The van der Waals surface area contributed by atoms with E-state index in [1.165, 1.54) is 24.3 Å². The van der Waals surface area contributed by atoms with E-state index < -0.39 is 32.5 Å². The van der Waals surface area contributed by atoms with Crippen LogP contribution in [0.15, 0.2) is 29.2 Å². The molecule has 0 aliphatic heterocycles. The fourth-order valence-corrected chi connectivity index (χ4v) is 3.34. The number of sulfone groups is 1. The number of hydrogen-bond acceptors (Lipinski definition) is 4. The van der Waals surface area contributed by atoms with Gasteiger partial charge in [-0.2, -0.15) is 0 Å². The summed E-state index contributed by atoms with van der Waals surface area (Å²) >= 11 is 0. The number of carbonyl (C=O) groups is 2. The van der Waals surface area contributed by atoms with E-state index in [1.54, 1.807) is 13.8 Å². The highest BCUT2D eigenvalue weighted by molar-refractivity contribution is 7.92. The minimum Gasteiger partial charge on any atom is -0.480 e. The van der Waals surface area contributed by atoms with Crippen molar-refractivity contribution >= 4 is 21.7 Å². The minimum absolute atomic E-state index is 0.149. The molecule has 6 nitrogen and oxygen atoms in total. The lowest BCUT2D eigenvalue weighted by atomic mass is 9.76. The number of benzene rings is 1. The Morgan fingerprint density at radius 2 is 1.73 bits per heavy atom. The van der Waals surface area contributed by atoms with Gasteiger partial charge >= 0.3 is 5.97 Å². The van der Waals surface area contributed by atoms with Gasteiger partial charge in [-0.25, -0.2) is 13.2 Å². The largest absolute Gasteiger partial charge is 0.480 e. The van der Waals surface area contributed by atoms with Gasteiger partial charge in [0.15, 0.2) is 9.84 Å². The van der Waals surface area contributed by atoms with Gasteiger partial charge in [-0.05, 0) is 57.4 Å². The molecule has 0 saturated heterocycles. The third-order valence-corrected chi connectivity index (χ3v) is 6.21. The summed E-state index contributed by atoms with van der Waals surface area (Å²) in [5.74, 6) is -1.54. The number of carbonyl (C=O) groups excluding carboxylic acids is 1. The smallest absolute Gasteiger partial charge is 0.329 e. The highest BCUT2D eigenvalue weighted by Gasteiger charge is 2.45. The number of carboxylic acids is 1. The summed E-state index contributed by atoms with van der Waals surface area (Å²) in [6.45, 7) is 3.17. The molecule has 0 radical (unpaired) electrons. The van der Waals surface area contributed by atoms with E-state index >= 15 is 0 Å². The van der Waals surface area contributed by atoms with E-state index in [0.29, 0.717) is 12.8 Å². The second-order valence-electron chi connectivity index (χ2n) is 5.81. The Kier molecular flexibility index (Phi) is 4.28. The molecular weight excluding hydrogens is 306 g/mol. The fourth-order valence-electron chi connectivity index (χ4n) is 2.28. The molecule has 0 atom stereocenters. The first-order valence-electron chi connectivity index (χ1n) is 7.09. The van der Waals surface area contributed by atoms with Gasteiger partial charge in [0, 0.05) is 5.56 Å². The summed E-state index contributed by atoms with van der Waals surface area (Å²) in [5.41, 5.74) is -0.935. The average Bonchev–Trinajstić information content (AvgIpc) is 2.42. The molecule has 1 aromatic carbocycles. The van der Waals surface area contributed by atoms with E-state index in [2.05, 4.69) is 5.32 Å². The van der Waals surface area contributed by atoms with Crippen molar-refractivity contribution < 1.29 is 23.1 Å². The van der Waals surface area contributed by atoms with E-state index in [0.717, 1.165) is 6.42 Å². The zero-order valence-corrected chi connectivity index (χ0v) is 13.3. The van der Waals surface area contributed by atoms with Crippen molar-refractivity contribution in [2.75, 3.05) is 0 Å². The third-order valence-electron chi connectivity index (χ3n) is 4.03. The molecule has 1 saturated carbocycles. The normalized spacial score (nSPS) is 16.9. The third kappa shape index (κ3) is 2.85. The molecule has 1 amide bonds. The van der Waals surface area contributed by atoms with Gasteiger partial charge in [0.1, 0.15) is 5.54 Å². The van der Waals surface area contributed by atoms with Crippen LogP contribution in [0.4, 0.5) is 0 Å². The molecular formula is C15H19NO5S. The zero-order chi connectivity index (χ0) is 16.5. The molecule has 2 rings (SSSR count). The fraction of sp³-hybridized carbons (Fsp3) is 0.467. The molecule has 1 aliphatic rings. The number of aliphatic carboxylic acids is 1. The van der Waals surface area contributed by atoms with Gasteiger partial charge in [0.05, 0.1) is 10.1 Å². The molecule has 1 aliphatic carbocycles. The molecule has 0 heterocycles. The van der Waals surface area contributed by atoms with Crippen LogP contribution in [0.5, 0.6) is 0 Å². The van der Waals surface area contributed by atoms with Gasteiger partial charge in [-0.1, -0.05) is 0 Å². The molecule has 120 valence electrons. The monoisotopic (exact) mass is 325 g/mol. The van der Waals surface area contributed by atoms with Gasteiger partial charge in [-0.3, -0.25) is 4.79 Å². The van der Waals surface area contributed by atoms with Crippen molar-refractivity contribution in [1.29, 1.82) is 0 Å². The van der Waals surface area contributed by atoms with E-state index in [-0.39, 0.29) is 10.5 Å². The molecule has 1 aromatic rings. The lowest BCUT2D eigenvalue weighted by Gasteiger charge is -2.38. The van der Waals surface area contributed by atoms with Crippen LogP contribution in [0, 0.1) is 0 Å². The van der Waals surface area contributed by atoms with E-state index in [4.69, 9.17) is 0 Å². The number of hydrogen-bond donors (Lipinski definition) is 2. The van der Waals surface area contributed by atoms with Crippen molar-refractivity contribution in [2.24, 2.45) is 0 Å². The second kappa shape index (κ2) is 5.72. The molecule has 7 heteroatoms. The Hall–Kier alpha value is -1.89. The Bertz CT molecular complexity index is 687. The Morgan fingerprint density at radius 3 is 2.09 bits per heavy atom. The summed E-state index contributed by atoms with van der Waals surface area (Å²) < 4.78 is 24.0. The molecule has 0 unspecified atom stereocenters. The van der Waals surface area contributed by atoms with Crippen molar-refractivity contribution in [3.05, 3.63) is 29.8 Å². The Labute approximate surface area is 129 Å². The first kappa shape index (κ1) is 16.5. The van der Waals surface area contributed by atoms with Crippen LogP contribution in [-0.2, 0) is 14.6 Å². The van der Waals surface area contributed by atoms with Gasteiger partial charge in [0.2, 0.25) is 0 Å². The number of nitrogens with one attached hydrogen (secondary N) is 1. The topological polar surface area (TPSA) is 101 Å². The maximum Gasteiger partial charge on any atom is 0.329 e. The highest BCUT2D eigenvalue weighted by Crippen LogP contribution is 2.32. The van der Waals surface area contributed by atoms with Crippen molar-refractivity contribution in [2.45, 2.75) is 48.8 Å². The quantitative estimate of drug-likeness (QED) is 0.856. The summed E-state index contributed by atoms with van der Waals surface area (Å²) in [5, 5.41) is 11.2. The summed E-state index contributed by atoms with van der Waals surface area (Å²) in [7, 11) is -3.39. The molecule has 1 fully saturated rings. The lowest BCUT2D eigenvalue weighted by molar-refractivity contribution is -0.148. The maximum absolute atomic E-state index is 12.1. The van der Waals surface area contributed by atoms with E-state index in [9.17, 15) is 23.1 Å². The number of amides is 1. The minimum atomic E-state index is -3.39. The Morgan fingerprint density at radius 1 is 1.18 bits per heavy atom. The van der Waals surface area contributed by atoms with Crippen LogP contribution in [0.3, 0.4) is 0 Å². The van der Waals surface area contributed by atoms with Crippen LogP contribution >= 0.6 is 0 Å². The average molecular weight is 325 g/mol. The van der Waals surface area contributed by atoms with Crippen LogP contribution in [-0.4, -0.2) is 36.2 Å². The van der Waals surface area contributed by atoms with Crippen molar-refractivity contribution in [3.8, 4) is 0 Å². The highest BCUT2D eigenvalue weighted by atomic mass is 32.2. The van der Waals surface area contributed by atoms with Crippen LogP contribution in [0.2, 0.25) is 0 Å². The maximum atomic E-state index is 12.1. The Balaban J connectivity index is 2.17. The van der Waals surface area contributed by atoms with Crippen LogP contribution in [0.1, 0.15) is 43.5 Å². The first-order chi connectivity index (χ1) is 10.2. The standard InChI is InChI=1S/C15H19NO5S/c1-10(2)22(20,21)12-6-4-11(5-7-12)13(17)16-15(14(18)19)8-3-9-15/h4-7,10H,3,8-9H2,1-2H3,(H,16,17)(H,18,19). The van der Waals surface area contributed by atoms with Crippen molar-refractivity contribution in [1.82, 2.24) is 5.32 Å². The number of rotatable bonds is 5. The number of carboxylic acid groups (broad SMARTS) is 1. The van der Waals surface area contributed by atoms with Gasteiger partial charge < -0.3 is 10.4 Å². The summed E-state index contributed by atoms with van der Waals surface area (Å²) in [6.07, 6.45) is 1.58. The molecule has 0 bridgehead atoms.